The summed E-state index contributed by atoms with van der Waals surface area (Å²) < 4.78 is 24.8. The molecule has 0 saturated heterocycles. The van der Waals surface area contributed by atoms with E-state index >= 15 is 0 Å². The number of alkyl halides is 2. The summed E-state index contributed by atoms with van der Waals surface area (Å²) in [7, 11) is 0. The normalized spacial score (nSPS) is 10.7. The quantitative estimate of drug-likeness (QED) is 0.834. The molecule has 0 radical (unpaired) electrons. The van der Waals surface area contributed by atoms with Gasteiger partial charge in [-0.2, -0.15) is 0 Å². The van der Waals surface area contributed by atoms with Crippen molar-refractivity contribution in [3.05, 3.63) is 29.8 Å². The molecule has 3 nitrogen and oxygen atoms in total. The van der Waals surface area contributed by atoms with Crippen molar-refractivity contribution in [2.24, 2.45) is 5.92 Å². The Morgan fingerprint density at radius 2 is 2.06 bits per heavy atom. The maximum atomic E-state index is 12.4. The lowest BCUT2D eigenvalue weighted by Gasteiger charge is -2.10. The maximum Gasteiger partial charge on any atom is 0.319 e. The standard InChI is InChI=1S/C12H16F2N2O/c1-8(2)7-15-12(17)16-10-5-3-4-9(6-10)11(13)14/h3-6,8,11H,7H2,1-2H3,(H2,15,16,17). The zero-order valence-corrected chi connectivity index (χ0v) is 9.84. The number of benzene rings is 1. The Labute approximate surface area is 99.2 Å². The number of hydrogen-bond acceptors (Lipinski definition) is 1. The lowest BCUT2D eigenvalue weighted by atomic mass is 10.2. The molecule has 0 aliphatic heterocycles. The molecule has 17 heavy (non-hydrogen) atoms. The van der Waals surface area contributed by atoms with Crippen LogP contribution in [0.15, 0.2) is 24.3 Å². The highest BCUT2D eigenvalue weighted by Crippen LogP contribution is 2.21. The molecule has 0 atom stereocenters. The Bertz CT molecular complexity index is 381. The first-order chi connectivity index (χ1) is 7.99. The van der Waals surface area contributed by atoms with Crippen LogP contribution in [0.2, 0.25) is 0 Å². The van der Waals surface area contributed by atoms with E-state index < -0.39 is 6.43 Å². The van der Waals surface area contributed by atoms with Gasteiger partial charge in [-0.3, -0.25) is 0 Å². The summed E-state index contributed by atoms with van der Waals surface area (Å²) in [5, 5.41) is 5.15. The van der Waals surface area contributed by atoms with Gasteiger partial charge in [0.1, 0.15) is 0 Å². The fourth-order valence-electron chi connectivity index (χ4n) is 1.22. The van der Waals surface area contributed by atoms with Crippen LogP contribution in [-0.4, -0.2) is 12.6 Å². The van der Waals surface area contributed by atoms with Crippen molar-refractivity contribution in [1.82, 2.24) is 5.32 Å². The number of amides is 2. The van der Waals surface area contributed by atoms with Gasteiger partial charge in [0.05, 0.1) is 0 Å². The van der Waals surface area contributed by atoms with E-state index in [1.54, 1.807) is 6.07 Å². The molecular formula is C12H16F2N2O. The second-order valence-corrected chi connectivity index (χ2v) is 4.16. The molecule has 1 rings (SSSR count). The predicted octanol–water partition coefficient (Wildman–Crippen LogP) is 3.40. The van der Waals surface area contributed by atoms with E-state index in [0.717, 1.165) is 0 Å². The minimum Gasteiger partial charge on any atom is -0.338 e. The molecule has 94 valence electrons. The van der Waals surface area contributed by atoms with E-state index in [2.05, 4.69) is 10.6 Å². The monoisotopic (exact) mass is 242 g/mol. The van der Waals surface area contributed by atoms with Gasteiger partial charge in [0.15, 0.2) is 0 Å². The molecule has 0 fully saturated rings. The van der Waals surface area contributed by atoms with E-state index in [4.69, 9.17) is 0 Å². The van der Waals surface area contributed by atoms with E-state index in [1.807, 2.05) is 13.8 Å². The largest absolute Gasteiger partial charge is 0.338 e. The maximum absolute atomic E-state index is 12.4. The molecule has 0 bridgehead atoms. The number of halogens is 2. The molecule has 0 aromatic heterocycles. The first kappa shape index (κ1) is 13.4. The average molecular weight is 242 g/mol. The number of nitrogens with one attached hydrogen (secondary N) is 2. The first-order valence-electron chi connectivity index (χ1n) is 5.42. The van der Waals surface area contributed by atoms with Gasteiger partial charge in [-0.1, -0.05) is 26.0 Å². The second-order valence-electron chi connectivity index (χ2n) is 4.16. The first-order valence-corrected chi connectivity index (χ1v) is 5.42. The van der Waals surface area contributed by atoms with Gasteiger partial charge in [-0.25, -0.2) is 13.6 Å². The van der Waals surface area contributed by atoms with Crippen LogP contribution in [0.1, 0.15) is 25.8 Å². The molecule has 0 heterocycles. The molecular weight excluding hydrogens is 226 g/mol. The number of hydrogen-bond donors (Lipinski definition) is 2. The third-order valence-electron chi connectivity index (χ3n) is 2.07. The van der Waals surface area contributed by atoms with Crippen molar-refractivity contribution in [2.75, 3.05) is 11.9 Å². The lowest BCUT2D eigenvalue weighted by molar-refractivity contribution is 0.151. The van der Waals surface area contributed by atoms with Crippen LogP contribution >= 0.6 is 0 Å². The lowest BCUT2D eigenvalue weighted by Crippen LogP contribution is -2.31. The van der Waals surface area contributed by atoms with E-state index in [1.165, 1.54) is 18.2 Å². The Morgan fingerprint density at radius 3 is 2.65 bits per heavy atom. The minimum absolute atomic E-state index is 0.105. The predicted molar refractivity (Wildman–Crippen MR) is 63.3 cm³/mol. The number of anilines is 1. The smallest absolute Gasteiger partial charge is 0.319 e. The Balaban J connectivity index is 2.56. The van der Waals surface area contributed by atoms with E-state index in [-0.39, 0.29) is 11.6 Å². The second kappa shape index (κ2) is 6.18. The fraction of sp³-hybridized carbons (Fsp3) is 0.417. The van der Waals surface area contributed by atoms with Gasteiger partial charge >= 0.3 is 6.03 Å². The number of rotatable bonds is 4. The van der Waals surface area contributed by atoms with Crippen molar-refractivity contribution >= 4 is 11.7 Å². The number of urea groups is 1. The van der Waals surface area contributed by atoms with Crippen LogP contribution < -0.4 is 10.6 Å². The highest BCUT2D eigenvalue weighted by atomic mass is 19.3. The van der Waals surface area contributed by atoms with Gasteiger partial charge in [-0.15, -0.1) is 0 Å². The molecule has 1 aromatic rings. The Morgan fingerprint density at radius 1 is 1.35 bits per heavy atom. The summed E-state index contributed by atoms with van der Waals surface area (Å²) in [6, 6.07) is 5.26. The van der Waals surface area contributed by atoms with Gasteiger partial charge in [0, 0.05) is 17.8 Å². The third kappa shape index (κ3) is 4.80. The molecule has 0 spiro atoms. The van der Waals surface area contributed by atoms with Crippen molar-refractivity contribution in [1.29, 1.82) is 0 Å². The third-order valence-corrected chi connectivity index (χ3v) is 2.07. The summed E-state index contributed by atoms with van der Waals surface area (Å²) in [6.07, 6.45) is -2.53. The fourth-order valence-corrected chi connectivity index (χ4v) is 1.22. The topological polar surface area (TPSA) is 41.1 Å². The zero-order chi connectivity index (χ0) is 12.8. The Hall–Kier alpha value is -1.65. The zero-order valence-electron chi connectivity index (χ0n) is 9.84. The van der Waals surface area contributed by atoms with Crippen LogP contribution in [0.25, 0.3) is 0 Å². The summed E-state index contributed by atoms with van der Waals surface area (Å²) in [5.74, 6) is 0.341. The van der Waals surface area contributed by atoms with Crippen molar-refractivity contribution in [3.8, 4) is 0 Å². The van der Waals surface area contributed by atoms with Crippen molar-refractivity contribution in [3.63, 3.8) is 0 Å². The molecule has 5 heteroatoms. The molecule has 2 N–H and O–H groups in total. The van der Waals surface area contributed by atoms with Crippen LogP contribution in [-0.2, 0) is 0 Å². The summed E-state index contributed by atoms with van der Waals surface area (Å²) in [4.78, 5) is 11.4. The average Bonchev–Trinajstić information content (AvgIpc) is 2.26. The minimum atomic E-state index is -2.53. The molecule has 0 aliphatic rings. The van der Waals surface area contributed by atoms with Crippen molar-refractivity contribution in [2.45, 2.75) is 20.3 Å². The molecule has 0 unspecified atom stereocenters. The highest BCUT2D eigenvalue weighted by molar-refractivity contribution is 5.89. The number of carbonyl (C=O) groups is 1. The van der Waals surface area contributed by atoms with Gasteiger partial charge < -0.3 is 10.6 Å². The van der Waals surface area contributed by atoms with Crippen molar-refractivity contribution < 1.29 is 13.6 Å². The number of carbonyl (C=O) groups excluding carboxylic acids is 1. The van der Waals surface area contributed by atoms with E-state index in [0.29, 0.717) is 18.2 Å². The summed E-state index contributed by atoms with van der Waals surface area (Å²) in [6.45, 7) is 4.48. The summed E-state index contributed by atoms with van der Waals surface area (Å²) >= 11 is 0. The van der Waals surface area contributed by atoms with Gasteiger partial charge in [-0.05, 0) is 18.1 Å². The Kier molecular flexibility index (Phi) is 4.87. The van der Waals surface area contributed by atoms with Crippen LogP contribution in [0.5, 0.6) is 0 Å². The van der Waals surface area contributed by atoms with Gasteiger partial charge in [0.25, 0.3) is 6.43 Å². The molecule has 1 aromatic carbocycles. The van der Waals surface area contributed by atoms with Gasteiger partial charge in [0.2, 0.25) is 0 Å². The molecule has 0 aliphatic carbocycles. The van der Waals surface area contributed by atoms with Crippen LogP contribution in [0.4, 0.5) is 19.3 Å². The summed E-state index contributed by atoms with van der Waals surface area (Å²) in [5.41, 5.74) is 0.260. The molecule has 0 saturated carbocycles. The SMILES string of the molecule is CC(C)CNC(=O)Nc1cccc(C(F)F)c1. The highest BCUT2D eigenvalue weighted by Gasteiger charge is 2.08. The van der Waals surface area contributed by atoms with Crippen LogP contribution in [0.3, 0.4) is 0 Å². The van der Waals surface area contributed by atoms with E-state index in [9.17, 15) is 13.6 Å². The molecule has 2 amide bonds. The van der Waals surface area contributed by atoms with Crippen LogP contribution in [0, 0.1) is 5.92 Å².